The van der Waals surface area contributed by atoms with E-state index < -0.39 is 6.10 Å². The van der Waals surface area contributed by atoms with E-state index in [0.29, 0.717) is 17.0 Å². The van der Waals surface area contributed by atoms with E-state index in [1.807, 2.05) is 12.1 Å². The minimum Gasteiger partial charge on any atom is -0.388 e. The van der Waals surface area contributed by atoms with Crippen molar-refractivity contribution in [3.8, 4) is 0 Å². The standard InChI is InChI=1S/C17H25FO/c1-12-10-15(11-13(2)16(12)18)17(19)14-8-6-4-3-5-7-9-14/h10-11,14,17,19H,3-9H2,1-2H3. The van der Waals surface area contributed by atoms with E-state index in [4.69, 9.17) is 0 Å². The van der Waals surface area contributed by atoms with Crippen LogP contribution in [0, 0.1) is 25.6 Å². The molecule has 0 amide bonds. The Labute approximate surface area is 115 Å². The lowest BCUT2D eigenvalue weighted by Crippen LogP contribution is -2.15. The molecule has 1 N–H and O–H groups in total. The summed E-state index contributed by atoms with van der Waals surface area (Å²) in [7, 11) is 0. The zero-order chi connectivity index (χ0) is 13.8. The molecule has 2 rings (SSSR count). The van der Waals surface area contributed by atoms with E-state index in [1.54, 1.807) is 13.8 Å². The predicted octanol–water partition coefficient (Wildman–Crippen LogP) is 4.84. The summed E-state index contributed by atoms with van der Waals surface area (Å²) in [4.78, 5) is 0. The third-order valence-corrected chi connectivity index (χ3v) is 4.40. The maximum atomic E-state index is 13.7. The molecule has 1 nitrogen and oxygen atoms in total. The molecule has 1 fully saturated rings. The van der Waals surface area contributed by atoms with Crippen LogP contribution in [0.1, 0.15) is 67.7 Å². The fraction of sp³-hybridized carbons (Fsp3) is 0.647. The first-order valence-corrected chi connectivity index (χ1v) is 7.54. The monoisotopic (exact) mass is 264 g/mol. The summed E-state index contributed by atoms with van der Waals surface area (Å²) in [6.07, 6.45) is 8.07. The molecular formula is C17H25FO. The molecule has 1 unspecified atom stereocenters. The first kappa shape index (κ1) is 14.5. The Morgan fingerprint density at radius 1 is 1.00 bits per heavy atom. The number of aliphatic hydroxyl groups is 1. The Hall–Kier alpha value is -0.890. The SMILES string of the molecule is Cc1cc(C(O)C2CCCCCCC2)cc(C)c1F. The van der Waals surface area contributed by atoms with Gasteiger partial charge in [0.2, 0.25) is 0 Å². The fourth-order valence-corrected chi connectivity index (χ4v) is 3.23. The first-order chi connectivity index (χ1) is 9.09. The second-order valence-corrected chi connectivity index (χ2v) is 6.02. The Morgan fingerprint density at radius 2 is 1.47 bits per heavy atom. The average molecular weight is 264 g/mol. The molecule has 0 aliphatic heterocycles. The summed E-state index contributed by atoms with van der Waals surface area (Å²) in [5, 5.41) is 10.6. The highest BCUT2D eigenvalue weighted by Crippen LogP contribution is 2.34. The smallest absolute Gasteiger partial charge is 0.129 e. The summed E-state index contributed by atoms with van der Waals surface area (Å²) < 4.78 is 13.7. The second kappa shape index (κ2) is 6.51. The van der Waals surface area contributed by atoms with E-state index in [1.165, 1.54) is 32.1 Å². The van der Waals surface area contributed by atoms with E-state index in [9.17, 15) is 9.50 Å². The summed E-state index contributed by atoms with van der Waals surface area (Å²) >= 11 is 0. The van der Waals surface area contributed by atoms with Crippen LogP contribution in [-0.2, 0) is 0 Å². The molecular weight excluding hydrogens is 239 g/mol. The van der Waals surface area contributed by atoms with Gasteiger partial charge in [0.15, 0.2) is 0 Å². The molecule has 2 heteroatoms. The number of hydrogen-bond acceptors (Lipinski definition) is 1. The van der Waals surface area contributed by atoms with Crippen molar-refractivity contribution in [2.24, 2.45) is 5.92 Å². The van der Waals surface area contributed by atoms with Gasteiger partial charge in [0.05, 0.1) is 6.10 Å². The number of hydrogen-bond donors (Lipinski definition) is 1. The van der Waals surface area contributed by atoms with Gasteiger partial charge in [-0.3, -0.25) is 0 Å². The van der Waals surface area contributed by atoms with Crippen LogP contribution in [0.5, 0.6) is 0 Å². The zero-order valence-corrected chi connectivity index (χ0v) is 12.1. The molecule has 0 saturated heterocycles. The van der Waals surface area contributed by atoms with Crippen molar-refractivity contribution in [1.29, 1.82) is 0 Å². The Morgan fingerprint density at radius 3 is 2.00 bits per heavy atom. The van der Waals surface area contributed by atoms with Gasteiger partial charge in [-0.15, -0.1) is 0 Å². The molecule has 0 spiro atoms. The molecule has 1 atom stereocenters. The normalized spacial score (nSPS) is 19.8. The molecule has 0 radical (unpaired) electrons. The van der Waals surface area contributed by atoms with Crippen molar-refractivity contribution >= 4 is 0 Å². The maximum Gasteiger partial charge on any atom is 0.129 e. The van der Waals surface area contributed by atoms with Crippen LogP contribution >= 0.6 is 0 Å². The van der Waals surface area contributed by atoms with Gasteiger partial charge in [-0.1, -0.05) is 44.2 Å². The van der Waals surface area contributed by atoms with Crippen LogP contribution in [-0.4, -0.2) is 5.11 Å². The number of benzene rings is 1. The molecule has 19 heavy (non-hydrogen) atoms. The highest BCUT2D eigenvalue weighted by atomic mass is 19.1. The van der Waals surface area contributed by atoms with Crippen LogP contribution < -0.4 is 0 Å². The lowest BCUT2D eigenvalue weighted by molar-refractivity contribution is 0.0911. The highest BCUT2D eigenvalue weighted by molar-refractivity contribution is 5.32. The predicted molar refractivity (Wildman–Crippen MR) is 76.6 cm³/mol. The molecule has 0 aromatic heterocycles. The third-order valence-electron chi connectivity index (χ3n) is 4.40. The molecule has 1 aliphatic rings. The van der Waals surface area contributed by atoms with Crippen LogP contribution in [0.25, 0.3) is 0 Å². The minimum atomic E-state index is -0.434. The molecule has 106 valence electrons. The highest BCUT2D eigenvalue weighted by Gasteiger charge is 2.22. The Bertz CT molecular complexity index is 396. The van der Waals surface area contributed by atoms with E-state index in [0.717, 1.165) is 18.4 Å². The summed E-state index contributed by atoms with van der Waals surface area (Å²) in [5.74, 6) is 0.193. The minimum absolute atomic E-state index is 0.145. The van der Waals surface area contributed by atoms with Gasteiger partial charge in [-0.2, -0.15) is 0 Å². The van der Waals surface area contributed by atoms with Crippen molar-refractivity contribution in [1.82, 2.24) is 0 Å². The van der Waals surface area contributed by atoms with Gasteiger partial charge in [0, 0.05) is 0 Å². The Balaban J connectivity index is 2.15. The van der Waals surface area contributed by atoms with Crippen molar-refractivity contribution in [2.75, 3.05) is 0 Å². The van der Waals surface area contributed by atoms with Gasteiger partial charge in [-0.05, 0) is 49.3 Å². The summed E-state index contributed by atoms with van der Waals surface area (Å²) in [6.45, 7) is 3.55. The van der Waals surface area contributed by atoms with Crippen LogP contribution in [0.3, 0.4) is 0 Å². The number of aryl methyl sites for hydroxylation is 2. The van der Waals surface area contributed by atoms with Crippen LogP contribution in [0.2, 0.25) is 0 Å². The molecule has 1 saturated carbocycles. The van der Waals surface area contributed by atoms with Gasteiger partial charge in [0.1, 0.15) is 5.82 Å². The lowest BCUT2D eigenvalue weighted by Gasteiger charge is -2.25. The van der Waals surface area contributed by atoms with Crippen LogP contribution in [0.4, 0.5) is 4.39 Å². The van der Waals surface area contributed by atoms with E-state index in [-0.39, 0.29) is 5.82 Å². The quantitative estimate of drug-likeness (QED) is 0.810. The van der Waals surface area contributed by atoms with Crippen molar-refractivity contribution in [2.45, 2.75) is 64.9 Å². The average Bonchev–Trinajstić information content (AvgIpc) is 2.34. The number of aliphatic hydroxyl groups excluding tert-OH is 1. The van der Waals surface area contributed by atoms with Crippen molar-refractivity contribution in [3.05, 3.63) is 34.6 Å². The molecule has 1 aromatic rings. The second-order valence-electron chi connectivity index (χ2n) is 6.02. The van der Waals surface area contributed by atoms with Crippen molar-refractivity contribution < 1.29 is 9.50 Å². The summed E-state index contributed by atoms with van der Waals surface area (Å²) in [5.41, 5.74) is 2.17. The topological polar surface area (TPSA) is 20.2 Å². The van der Waals surface area contributed by atoms with E-state index >= 15 is 0 Å². The van der Waals surface area contributed by atoms with Gasteiger partial charge >= 0.3 is 0 Å². The lowest BCUT2D eigenvalue weighted by atomic mass is 9.84. The van der Waals surface area contributed by atoms with Gasteiger partial charge in [0.25, 0.3) is 0 Å². The zero-order valence-electron chi connectivity index (χ0n) is 12.1. The van der Waals surface area contributed by atoms with Crippen LogP contribution in [0.15, 0.2) is 12.1 Å². The van der Waals surface area contributed by atoms with E-state index in [2.05, 4.69) is 0 Å². The number of rotatable bonds is 2. The maximum absolute atomic E-state index is 13.7. The number of halogens is 1. The fourth-order valence-electron chi connectivity index (χ4n) is 3.23. The first-order valence-electron chi connectivity index (χ1n) is 7.54. The Kier molecular flexibility index (Phi) is 4.98. The van der Waals surface area contributed by atoms with Gasteiger partial charge in [-0.25, -0.2) is 4.39 Å². The third kappa shape index (κ3) is 3.56. The largest absolute Gasteiger partial charge is 0.388 e. The van der Waals surface area contributed by atoms with Gasteiger partial charge < -0.3 is 5.11 Å². The molecule has 0 bridgehead atoms. The summed E-state index contributed by atoms with van der Waals surface area (Å²) in [6, 6.07) is 3.62. The molecule has 1 aromatic carbocycles. The molecule has 0 heterocycles. The molecule has 1 aliphatic carbocycles. The van der Waals surface area contributed by atoms with Crippen molar-refractivity contribution in [3.63, 3.8) is 0 Å².